The lowest BCUT2D eigenvalue weighted by atomic mass is 9.97. The average Bonchev–Trinajstić information content (AvgIpc) is 3.38. The van der Waals surface area contributed by atoms with E-state index in [-0.39, 0.29) is 30.3 Å². The van der Waals surface area contributed by atoms with E-state index in [1.165, 1.54) is 17.0 Å². The highest BCUT2D eigenvalue weighted by Crippen LogP contribution is 2.42. The zero-order valence-corrected chi connectivity index (χ0v) is 22.0. The molecule has 188 valence electrons. The Morgan fingerprint density at radius 3 is 2.30 bits per heavy atom. The van der Waals surface area contributed by atoms with Crippen LogP contribution in [0, 0.1) is 5.82 Å². The molecule has 0 aliphatic carbocycles. The third kappa shape index (κ3) is 4.89. The van der Waals surface area contributed by atoms with E-state index in [0.717, 1.165) is 27.1 Å². The second kappa shape index (κ2) is 10.2. The molecule has 1 aliphatic rings. The molecule has 1 atom stereocenters. The Bertz CT molecular complexity index is 1430. The van der Waals surface area contributed by atoms with Crippen LogP contribution < -0.4 is 10.2 Å². The van der Waals surface area contributed by atoms with Crippen molar-refractivity contribution < 1.29 is 14.0 Å². The maximum atomic E-state index is 14.1. The Kier molecular flexibility index (Phi) is 6.84. The Morgan fingerprint density at radius 1 is 0.946 bits per heavy atom. The number of carbonyl (C=O) groups excluding carboxylic acids is 2. The van der Waals surface area contributed by atoms with Crippen molar-refractivity contribution in [2.75, 3.05) is 16.8 Å². The number of urea groups is 1. The van der Waals surface area contributed by atoms with Crippen molar-refractivity contribution in [1.29, 1.82) is 0 Å². The van der Waals surface area contributed by atoms with Crippen LogP contribution in [0.25, 0.3) is 5.69 Å². The second-order valence-electron chi connectivity index (χ2n) is 9.17. The van der Waals surface area contributed by atoms with Gasteiger partial charge in [-0.1, -0.05) is 40.2 Å². The van der Waals surface area contributed by atoms with Crippen LogP contribution in [0.4, 0.5) is 20.6 Å². The Balaban J connectivity index is 1.51. The van der Waals surface area contributed by atoms with Gasteiger partial charge in [0, 0.05) is 22.4 Å². The normalized spacial score (nSPS) is 14.2. The molecule has 1 aliphatic heterocycles. The third-order valence-electron chi connectivity index (χ3n) is 6.46. The summed E-state index contributed by atoms with van der Waals surface area (Å²) in [6, 6.07) is 24.0. The van der Waals surface area contributed by atoms with Crippen molar-refractivity contribution in [1.82, 2.24) is 9.47 Å². The van der Waals surface area contributed by atoms with E-state index in [9.17, 15) is 14.0 Å². The molecule has 5 rings (SSSR count). The summed E-state index contributed by atoms with van der Waals surface area (Å²) < 4.78 is 16.7. The number of carbonyl (C=O) groups is 2. The summed E-state index contributed by atoms with van der Waals surface area (Å²) >= 11 is 3.40. The van der Waals surface area contributed by atoms with Crippen LogP contribution >= 0.6 is 15.9 Å². The Labute approximate surface area is 223 Å². The number of halogens is 2. The molecular weight excluding hydrogens is 535 g/mol. The summed E-state index contributed by atoms with van der Waals surface area (Å²) in [6.45, 7) is 3.62. The lowest BCUT2D eigenvalue weighted by Crippen LogP contribution is -2.49. The zero-order valence-electron chi connectivity index (χ0n) is 20.4. The monoisotopic (exact) mass is 560 g/mol. The van der Waals surface area contributed by atoms with Gasteiger partial charge in [0.2, 0.25) is 5.91 Å². The maximum absolute atomic E-state index is 14.1. The highest BCUT2D eigenvalue weighted by Gasteiger charge is 2.37. The molecule has 0 spiro atoms. The van der Waals surface area contributed by atoms with E-state index in [0.29, 0.717) is 5.69 Å². The number of rotatable bonds is 5. The molecular formula is C29H26BrFN4O2. The number of hydrogen-bond acceptors (Lipinski definition) is 2. The quantitative estimate of drug-likeness (QED) is 0.293. The van der Waals surface area contributed by atoms with Crippen LogP contribution in [0.15, 0.2) is 95.6 Å². The number of fused-ring (bicyclic) bond motifs is 3. The van der Waals surface area contributed by atoms with Crippen LogP contribution in [0.3, 0.4) is 0 Å². The number of aromatic nitrogens is 1. The smallest absolute Gasteiger partial charge is 0.316 e. The summed E-state index contributed by atoms with van der Waals surface area (Å²) in [4.78, 5) is 30.5. The molecule has 0 saturated carbocycles. The fraction of sp³-hybridized carbons (Fsp3) is 0.172. The van der Waals surface area contributed by atoms with Crippen LogP contribution in [0.5, 0.6) is 0 Å². The minimum absolute atomic E-state index is 0.132. The third-order valence-corrected chi connectivity index (χ3v) is 6.99. The molecule has 1 unspecified atom stereocenters. The standard InChI is InChI=1S/C29H26BrFN4O2/c1-19(2)34(29(37)32-23-15-11-21(30)12-16-23)18-27(36)35-25-7-4-3-6-24(25)33-17-5-8-26(33)28(35)20-9-13-22(31)14-10-20/h3-17,19,28H,18H2,1-2H3,(H,32,37). The first-order valence-electron chi connectivity index (χ1n) is 12.0. The topological polar surface area (TPSA) is 57.6 Å². The van der Waals surface area contributed by atoms with Gasteiger partial charge < -0.3 is 14.8 Å². The van der Waals surface area contributed by atoms with Crippen molar-refractivity contribution >= 4 is 39.2 Å². The number of nitrogens with one attached hydrogen (secondary N) is 1. The predicted molar refractivity (Wildman–Crippen MR) is 147 cm³/mol. The number of anilines is 2. The van der Waals surface area contributed by atoms with Gasteiger partial charge in [0.1, 0.15) is 18.4 Å². The molecule has 0 saturated heterocycles. The molecule has 0 bridgehead atoms. The first kappa shape index (κ1) is 24.8. The van der Waals surface area contributed by atoms with Crippen molar-refractivity contribution in [3.8, 4) is 5.69 Å². The van der Waals surface area contributed by atoms with E-state index in [1.54, 1.807) is 29.2 Å². The van der Waals surface area contributed by atoms with E-state index >= 15 is 0 Å². The second-order valence-corrected chi connectivity index (χ2v) is 10.1. The molecule has 0 radical (unpaired) electrons. The van der Waals surface area contributed by atoms with Crippen LogP contribution in [0.1, 0.15) is 31.1 Å². The predicted octanol–water partition coefficient (Wildman–Crippen LogP) is 6.76. The molecule has 6 nitrogen and oxygen atoms in total. The number of benzene rings is 3. The molecule has 37 heavy (non-hydrogen) atoms. The highest BCUT2D eigenvalue weighted by atomic mass is 79.9. The van der Waals surface area contributed by atoms with Crippen molar-refractivity contribution in [2.45, 2.75) is 25.9 Å². The molecule has 1 N–H and O–H groups in total. The molecule has 1 aromatic heterocycles. The van der Waals surface area contributed by atoms with Gasteiger partial charge in [0.05, 0.1) is 17.1 Å². The molecule has 4 aromatic rings. The lowest BCUT2D eigenvalue weighted by molar-refractivity contribution is -0.119. The van der Waals surface area contributed by atoms with Crippen molar-refractivity contribution in [3.05, 3.63) is 113 Å². The van der Waals surface area contributed by atoms with Crippen molar-refractivity contribution in [3.63, 3.8) is 0 Å². The van der Waals surface area contributed by atoms with Gasteiger partial charge in [-0.05, 0) is 80.1 Å². The fourth-order valence-electron chi connectivity index (χ4n) is 4.66. The van der Waals surface area contributed by atoms with Gasteiger partial charge in [-0.3, -0.25) is 9.69 Å². The molecule has 0 fully saturated rings. The van der Waals surface area contributed by atoms with E-state index in [1.807, 2.05) is 73.1 Å². The number of para-hydroxylation sites is 2. The molecule has 2 heterocycles. The zero-order chi connectivity index (χ0) is 26.1. The Hall–Kier alpha value is -3.91. The number of nitrogens with zero attached hydrogens (tertiary/aromatic N) is 3. The van der Waals surface area contributed by atoms with Gasteiger partial charge in [-0.15, -0.1) is 0 Å². The largest absolute Gasteiger partial charge is 0.322 e. The lowest BCUT2D eigenvalue weighted by Gasteiger charge is -2.40. The summed E-state index contributed by atoms with van der Waals surface area (Å²) in [5.74, 6) is -0.585. The Morgan fingerprint density at radius 2 is 1.62 bits per heavy atom. The van der Waals surface area contributed by atoms with Gasteiger partial charge >= 0.3 is 6.03 Å². The van der Waals surface area contributed by atoms with Crippen LogP contribution in [-0.2, 0) is 4.79 Å². The molecule has 3 amide bonds. The SMILES string of the molecule is CC(C)N(CC(=O)N1c2ccccc2-n2cccc2C1c1ccc(F)cc1)C(=O)Nc1ccc(Br)cc1. The minimum Gasteiger partial charge on any atom is -0.316 e. The highest BCUT2D eigenvalue weighted by molar-refractivity contribution is 9.10. The fourth-order valence-corrected chi connectivity index (χ4v) is 4.93. The summed E-state index contributed by atoms with van der Waals surface area (Å²) in [5.41, 5.74) is 3.89. The molecule has 3 aromatic carbocycles. The van der Waals surface area contributed by atoms with Crippen LogP contribution in [-0.4, -0.2) is 34.0 Å². The van der Waals surface area contributed by atoms with Gasteiger partial charge in [-0.25, -0.2) is 9.18 Å². The summed E-state index contributed by atoms with van der Waals surface area (Å²) in [5, 5.41) is 2.89. The number of hydrogen-bond donors (Lipinski definition) is 1. The first-order chi connectivity index (χ1) is 17.8. The van der Waals surface area contributed by atoms with E-state index < -0.39 is 6.04 Å². The van der Waals surface area contributed by atoms with E-state index in [4.69, 9.17) is 0 Å². The summed E-state index contributed by atoms with van der Waals surface area (Å²) in [7, 11) is 0. The first-order valence-corrected chi connectivity index (χ1v) is 12.8. The van der Waals surface area contributed by atoms with Gasteiger partial charge in [0.15, 0.2) is 0 Å². The minimum atomic E-state index is -0.485. The van der Waals surface area contributed by atoms with Crippen LogP contribution in [0.2, 0.25) is 0 Å². The number of amides is 3. The van der Waals surface area contributed by atoms with Gasteiger partial charge in [-0.2, -0.15) is 0 Å². The van der Waals surface area contributed by atoms with E-state index in [2.05, 4.69) is 21.2 Å². The van der Waals surface area contributed by atoms with Gasteiger partial charge in [0.25, 0.3) is 0 Å². The summed E-state index contributed by atoms with van der Waals surface area (Å²) in [6.07, 6.45) is 1.96. The average molecular weight is 561 g/mol. The van der Waals surface area contributed by atoms with Crippen molar-refractivity contribution in [2.24, 2.45) is 0 Å². The maximum Gasteiger partial charge on any atom is 0.322 e. The molecule has 8 heteroatoms.